The number of aromatic amines is 1. The fourth-order valence-corrected chi connectivity index (χ4v) is 3.01. The summed E-state index contributed by atoms with van der Waals surface area (Å²) in [7, 11) is 0. The molecule has 0 saturated carbocycles. The van der Waals surface area contributed by atoms with E-state index in [1.54, 1.807) is 23.1 Å². The minimum absolute atomic E-state index is 0.161. The van der Waals surface area contributed by atoms with Crippen molar-refractivity contribution in [3.05, 3.63) is 40.0 Å². The van der Waals surface area contributed by atoms with Crippen molar-refractivity contribution in [2.24, 2.45) is 5.73 Å². The highest BCUT2D eigenvalue weighted by Crippen LogP contribution is 2.32. The van der Waals surface area contributed by atoms with Gasteiger partial charge in [-0.25, -0.2) is 0 Å². The standard InChI is InChI=1S/C14H15BrN4O3/c15-12-5-4-11(22-12)14(21)19-6-2-1-3-10(19)8-7-9(13(16)20)18-17-8/h4-5,7,10H,1-3,6H2,(H2,16,20)(H,17,18). The number of nitrogens with two attached hydrogens (primary N) is 1. The van der Waals surface area contributed by atoms with E-state index in [2.05, 4.69) is 26.1 Å². The van der Waals surface area contributed by atoms with E-state index in [1.807, 2.05) is 0 Å². The highest BCUT2D eigenvalue weighted by atomic mass is 79.9. The van der Waals surface area contributed by atoms with Gasteiger partial charge in [0, 0.05) is 6.54 Å². The van der Waals surface area contributed by atoms with E-state index in [-0.39, 0.29) is 23.4 Å². The lowest BCUT2D eigenvalue weighted by molar-refractivity contribution is 0.0572. The van der Waals surface area contributed by atoms with Gasteiger partial charge in [-0.1, -0.05) is 0 Å². The Morgan fingerprint density at radius 3 is 2.86 bits per heavy atom. The number of carbonyl (C=O) groups excluding carboxylic acids is 2. The molecular formula is C14H15BrN4O3. The van der Waals surface area contributed by atoms with Gasteiger partial charge in [-0.2, -0.15) is 5.10 Å². The molecule has 116 valence electrons. The van der Waals surface area contributed by atoms with Gasteiger partial charge in [0.05, 0.1) is 11.7 Å². The van der Waals surface area contributed by atoms with Gasteiger partial charge >= 0.3 is 0 Å². The summed E-state index contributed by atoms with van der Waals surface area (Å²) < 4.78 is 5.87. The van der Waals surface area contributed by atoms with Crippen LogP contribution in [0.25, 0.3) is 0 Å². The molecule has 0 radical (unpaired) electrons. The Bertz CT molecular complexity index is 709. The van der Waals surface area contributed by atoms with Crippen molar-refractivity contribution >= 4 is 27.7 Å². The molecule has 1 unspecified atom stereocenters. The van der Waals surface area contributed by atoms with E-state index in [0.717, 1.165) is 19.3 Å². The maximum absolute atomic E-state index is 12.6. The molecule has 2 aromatic heterocycles. The van der Waals surface area contributed by atoms with Crippen molar-refractivity contribution in [1.29, 1.82) is 0 Å². The number of nitrogens with one attached hydrogen (secondary N) is 1. The van der Waals surface area contributed by atoms with Crippen LogP contribution in [0.5, 0.6) is 0 Å². The first-order chi connectivity index (χ1) is 10.6. The Kier molecular flexibility index (Phi) is 4.02. The van der Waals surface area contributed by atoms with Crippen molar-refractivity contribution in [3.8, 4) is 0 Å². The summed E-state index contributed by atoms with van der Waals surface area (Å²) in [6, 6.07) is 4.77. The lowest BCUT2D eigenvalue weighted by Crippen LogP contribution is -2.38. The number of piperidine rings is 1. The summed E-state index contributed by atoms with van der Waals surface area (Å²) in [5.74, 6) is -0.481. The maximum Gasteiger partial charge on any atom is 0.290 e. The predicted molar refractivity (Wildman–Crippen MR) is 81.1 cm³/mol. The zero-order chi connectivity index (χ0) is 15.7. The molecule has 0 spiro atoms. The molecule has 2 amide bonds. The lowest BCUT2D eigenvalue weighted by Gasteiger charge is -2.34. The number of H-pyrrole nitrogens is 1. The number of furan rings is 1. The number of amides is 2. The molecule has 3 rings (SSSR count). The van der Waals surface area contributed by atoms with Gasteiger partial charge < -0.3 is 15.1 Å². The summed E-state index contributed by atoms with van der Waals surface area (Å²) in [5, 5.41) is 6.71. The Balaban J connectivity index is 1.87. The van der Waals surface area contributed by atoms with Crippen LogP contribution in [0.4, 0.5) is 0 Å². The largest absolute Gasteiger partial charge is 0.444 e. The highest BCUT2D eigenvalue weighted by molar-refractivity contribution is 9.10. The quantitative estimate of drug-likeness (QED) is 0.868. The van der Waals surface area contributed by atoms with Gasteiger partial charge in [0.15, 0.2) is 10.4 Å². The van der Waals surface area contributed by atoms with Crippen molar-refractivity contribution in [3.63, 3.8) is 0 Å². The zero-order valence-electron chi connectivity index (χ0n) is 11.7. The summed E-state index contributed by atoms with van der Waals surface area (Å²) in [4.78, 5) is 25.5. The van der Waals surface area contributed by atoms with Gasteiger partial charge in [0.2, 0.25) is 0 Å². The summed E-state index contributed by atoms with van der Waals surface area (Å²) in [6.45, 7) is 0.632. The Morgan fingerprint density at radius 1 is 1.41 bits per heavy atom. The van der Waals surface area contributed by atoms with Gasteiger partial charge in [-0.15, -0.1) is 0 Å². The number of aromatic nitrogens is 2. The van der Waals surface area contributed by atoms with E-state index < -0.39 is 5.91 Å². The molecular weight excluding hydrogens is 352 g/mol. The summed E-state index contributed by atoms with van der Waals surface area (Å²) >= 11 is 3.20. The van der Waals surface area contributed by atoms with Crippen LogP contribution in [0.1, 0.15) is 52.0 Å². The van der Waals surface area contributed by atoms with Gasteiger partial charge in [0.1, 0.15) is 5.69 Å². The molecule has 1 aliphatic heterocycles. The lowest BCUT2D eigenvalue weighted by atomic mass is 9.98. The summed E-state index contributed by atoms with van der Waals surface area (Å²) in [6.07, 6.45) is 2.73. The molecule has 7 nitrogen and oxygen atoms in total. The second-order valence-electron chi connectivity index (χ2n) is 5.19. The molecule has 2 aromatic rings. The van der Waals surface area contributed by atoms with Crippen LogP contribution in [0, 0.1) is 0 Å². The minimum Gasteiger partial charge on any atom is -0.444 e. The SMILES string of the molecule is NC(=O)c1cc(C2CCCCN2C(=O)c2ccc(Br)o2)[nH]n1. The van der Waals surface area contributed by atoms with E-state index in [4.69, 9.17) is 10.2 Å². The van der Waals surface area contributed by atoms with Crippen molar-refractivity contribution in [1.82, 2.24) is 15.1 Å². The average molecular weight is 367 g/mol. The number of nitrogens with zero attached hydrogens (tertiary/aromatic N) is 2. The van der Waals surface area contributed by atoms with E-state index in [0.29, 0.717) is 16.9 Å². The number of rotatable bonds is 3. The van der Waals surface area contributed by atoms with Crippen LogP contribution >= 0.6 is 15.9 Å². The fraction of sp³-hybridized carbons (Fsp3) is 0.357. The molecule has 1 saturated heterocycles. The first-order valence-electron chi connectivity index (χ1n) is 6.97. The molecule has 0 aliphatic carbocycles. The van der Waals surface area contributed by atoms with Crippen LogP contribution in [0.15, 0.2) is 27.3 Å². The van der Waals surface area contributed by atoms with E-state index in [1.165, 1.54) is 0 Å². The number of carbonyl (C=O) groups is 2. The first kappa shape index (κ1) is 14.8. The molecule has 3 heterocycles. The summed E-state index contributed by atoms with van der Waals surface area (Å²) in [5.41, 5.74) is 6.11. The van der Waals surface area contributed by atoms with Crippen LogP contribution in [-0.2, 0) is 0 Å². The predicted octanol–water partition coefficient (Wildman–Crippen LogP) is 2.23. The topological polar surface area (TPSA) is 105 Å². The van der Waals surface area contributed by atoms with Crippen molar-refractivity contribution < 1.29 is 14.0 Å². The number of likely N-dealkylation sites (tertiary alicyclic amines) is 1. The van der Waals surface area contributed by atoms with Crippen molar-refractivity contribution in [2.45, 2.75) is 25.3 Å². The van der Waals surface area contributed by atoms with Crippen LogP contribution < -0.4 is 5.73 Å². The van der Waals surface area contributed by atoms with E-state index >= 15 is 0 Å². The van der Waals surface area contributed by atoms with Gasteiger partial charge in [0.25, 0.3) is 11.8 Å². The van der Waals surface area contributed by atoms with Crippen LogP contribution in [0.3, 0.4) is 0 Å². The molecule has 8 heteroatoms. The average Bonchev–Trinajstić information content (AvgIpc) is 3.15. The molecule has 1 fully saturated rings. The third kappa shape index (κ3) is 2.78. The Labute approximate surface area is 135 Å². The molecule has 1 aliphatic rings. The maximum atomic E-state index is 12.6. The smallest absolute Gasteiger partial charge is 0.290 e. The Hall–Kier alpha value is -2.09. The number of hydrogen-bond donors (Lipinski definition) is 2. The molecule has 1 atom stereocenters. The van der Waals surface area contributed by atoms with E-state index in [9.17, 15) is 9.59 Å². The number of primary amides is 1. The molecule has 0 aromatic carbocycles. The first-order valence-corrected chi connectivity index (χ1v) is 7.77. The molecule has 0 bridgehead atoms. The molecule has 22 heavy (non-hydrogen) atoms. The van der Waals surface area contributed by atoms with Crippen LogP contribution in [-0.4, -0.2) is 33.5 Å². The Morgan fingerprint density at radius 2 is 2.23 bits per heavy atom. The van der Waals surface area contributed by atoms with Gasteiger partial charge in [-0.3, -0.25) is 14.7 Å². The normalized spacial score (nSPS) is 18.4. The second kappa shape index (κ2) is 5.96. The third-order valence-electron chi connectivity index (χ3n) is 3.76. The fourth-order valence-electron chi connectivity index (χ4n) is 2.70. The number of halogens is 1. The number of hydrogen-bond acceptors (Lipinski definition) is 4. The molecule has 3 N–H and O–H groups in total. The van der Waals surface area contributed by atoms with Gasteiger partial charge in [-0.05, 0) is 53.4 Å². The third-order valence-corrected chi connectivity index (χ3v) is 4.18. The highest BCUT2D eigenvalue weighted by Gasteiger charge is 2.31. The monoisotopic (exact) mass is 366 g/mol. The minimum atomic E-state index is -0.592. The van der Waals surface area contributed by atoms with Crippen molar-refractivity contribution in [2.75, 3.05) is 6.54 Å². The second-order valence-corrected chi connectivity index (χ2v) is 5.97. The van der Waals surface area contributed by atoms with Crippen LogP contribution in [0.2, 0.25) is 0 Å². The zero-order valence-corrected chi connectivity index (χ0v) is 13.3.